The van der Waals surface area contributed by atoms with Crippen molar-refractivity contribution in [3.8, 4) is 28.0 Å². The van der Waals surface area contributed by atoms with E-state index in [0.29, 0.717) is 16.8 Å². The van der Waals surface area contributed by atoms with Crippen LogP contribution in [-0.2, 0) is 4.79 Å². The molecule has 0 radical (unpaired) electrons. The van der Waals surface area contributed by atoms with Gasteiger partial charge < -0.3 is 10.4 Å². The highest BCUT2D eigenvalue weighted by molar-refractivity contribution is 7.81. The molecule has 0 fully saturated rings. The number of benzene rings is 3. The lowest BCUT2D eigenvalue weighted by Crippen LogP contribution is -2.12. The van der Waals surface area contributed by atoms with Gasteiger partial charge in [0.2, 0.25) is 5.91 Å². The number of hydrogen-bond donors (Lipinski definition) is 3. The molecule has 0 bridgehead atoms. The van der Waals surface area contributed by atoms with Crippen molar-refractivity contribution in [2.45, 2.75) is 0 Å². The average molecular weight is 335 g/mol. The van der Waals surface area contributed by atoms with Gasteiger partial charge in [-0.3, -0.25) is 4.79 Å². The van der Waals surface area contributed by atoms with Gasteiger partial charge in [-0.1, -0.05) is 60.7 Å². The number of anilines is 1. The maximum atomic E-state index is 11.7. The van der Waals surface area contributed by atoms with Crippen LogP contribution >= 0.6 is 12.6 Å². The zero-order valence-corrected chi connectivity index (χ0v) is 13.8. The number of rotatable bonds is 4. The van der Waals surface area contributed by atoms with Crippen LogP contribution in [0.2, 0.25) is 0 Å². The first-order valence-electron chi connectivity index (χ1n) is 7.57. The van der Waals surface area contributed by atoms with Crippen LogP contribution in [0.1, 0.15) is 0 Å². The van der Waals surface area contributed by atoms with Crippen LogP contribution in [0.4, 0.5) is 5.69 Å². The van der Waals surface area contributed by atoms with Gasteiger partial charge >= 0.3 is 0 Å². The van der Waals surface area contributed by atoms with Gasteiger partial charge in [0.1, 0.15) is 5.75 Å². The van der Waals surface area contributed by atoms with E-state index in [4.69, 9.17) is 0 Å². The first kappa shape index (κ1) is 16.1. The monoisotopic (exact) mass is 335 g/mol. The highest BCUT2D eigenvalue weighted by Gasteiger charge is 2.14. The van der Waals surface area contributed by atoms with Crippen molar-refractivity contribution in [2.24, 2.45) is 0 Å². The van der Waals surface area contributed by atoms with Crippen molar-refractivity contribution in [3.05, 3.63) is 72.8 Å². The molecule has 3 aromatic rings. The Bertz CT molecular complexity index is 788. The van der Waals surface area contributed by atoms with Gasteiger partial charge in [-0.25, -0.2) is 0 Å². The minimum atomic E-state index is -0.193. The molecule has 0 saturated heterocycles. The lowest BCUT2D eigenvalue weighted by Gasteiger charge is -2.14. The van der Waals surface area contributed by atoms with Crippen LogP contribution in [0.3, 0.4) is 0 Å². The predicted molar refractivity (Wildman–Crippen MR) is 101 cm³/mol. The molecule has 0 saturated carbocycles. The molecular formula is C20H17NO2S. The minimum absolute atomic E-state index is 0.0994. The molecule has 2 N–H and O–H groups in total. The molecule has 1 amide bonds. The lowest BCUT2D eigenvalue weighted by atomic mass is 9.96. The van der Waals surface area contributed by atoms with Crippen molar-refractivity contribution in [1.82, 2.24) is 0 Å². The van der Waals surface area contributed by atoms with Gasteiger partial charge in [-0.15, -0.1) is 0 Å². The number of aromatic hydroxyl groups is 1. The minimum Gasteiger partial charge on any atom is -0.507 e. The van der Waals surface area contributed by atoms with Gasteiger partial charge in [0.15, 0.2) is 0 Å². The first-order valence-corrected chi connectivity index (χ1v) is 8.21. The predicted octanol–water partition coefficient (Wildman–Crippen LogP) is 4.59. The van der Waals surface area contributed by atoms with E-state index in [1.807, 2.05) is 60.7 Å². The van der Waals surface area contributed by atoms with Crippen molar-refractivity contribution in [2.75, 3.05) is 11.1 Å². The lowest BCUT2D eigenvalue weighted by molar-refractivity contribution is -0.113. The van der Waals surface area contributed by atoms with Crippen molar-refractivity contribution >= 4 is 24.2 Å². The first-order chi connectivity index (χ1) is 11.7. The largest absolute Gasteiger partial charge is 0.507 e. The fourth-order valence-corrected chi connectivity index (χ4v) is 2.66. The fourth-order valence-electron chi connectivity index (χ4n) is 2.58. The van der Waals surface area contributed by atoms with Gasteiger partial charge in [0.05, 0.1) is 5.75 Å². The molecule has 24 heavy (non-hydrogen) atoms. The number of carbonyl (C=O) groups is 1. The summed E-state index contributed by atoms with van der Waals surface area (Å²) in [6.45, 7) is 0. The Morgan fingerprint density at radius 2 is 1.33 bits per heavy atom. The average Bonchev–Trinajstić information content (AvgIpc) is 2.64. The van der Waals surface area contributed by atoms with Crippen LogP contribution in [-0.4, -0.2) is 16.8 Å². The van der Waals surface area contributed by atoms with Gasteiger partial charge in [-0.05, 0) is 23.3 Å². The number of thiol groups is 1. The molecule has 0 aliphatic rings. The molecule has 0 aliphatic heterocycles. The van der Waals surface area contributed by atoms with Crippen LogP contribution in [0.5, 0.6) is 5.75 Å². The number of amides is 1. The summed E-state index contributed by atoms with van der Waals surface area (Å²) in [6.07, 6.45) is 0. The summed E-state index contributed by atoms with van der Waals surface area (Å²) in [5, 5.41) is 13.6. The summed E-state index contributed by atoms with van der Waals surface area (Å²) < 4.78 is 0. The molecule has 3 nitrogen and oxygen atoms in total. The molecule has 3 aromatic carbocycles. The van der Waals surface area contributed by atoms with Crippen molar-refractivity contribution in [1.29, 1.82) is 0 Å². The maximum absolute atomic E-state index is 11.7. The molecule has 4 heteroatoms. The van der Waals surface area contributed by atoms with E-state index in [2.05, 4.69) is 17.9 Å². The second-order valence-electron chi connectivity index (χ2n) is 5.36. The van der Waals surface area contributed by atoms with Gasteiger partial charge in [0, 0.05) is 16.8 Å². The molecular weight excluding hydrogens is 318 g/mol. The Balaban J connectivity index is 2.18. The highest BCUT2D eigenvalue weighted by Crippen LogP contribution is 2.40. The molecule has 3 rings (SSSR count). The third-order valence-electron chi connectivity index (χ3n) is 3.71. The molecule has 0 atom stereocenters. The van der Waals surface area contributed by atoms with E-state index < -0.39 is 0 Å². The number of carbonyl (C=O) groups excluding carboxylic acids is 1. The Morgan fingerprint density at radius 1 is 0.875 bits per heavy atom. The van der Waals surface area contributed by atoms with E-state index in [1.54, 1.807) is 12.1 Å². The van der Waals surface area contributed by atoms with Gasteiger partial charge in [-0.2, -0.15) is 12.6 Å². The SMILES string of the molecule is O=C(CS)Nc1cc(-c2ccccc2)c(O)c(-c2ccccc2)c1. The van der Waals surface area contributed by atoms with Crippen molar-refractivity contribution < 1.29 is 9.90 Å². The zero-order valence-electron chi connectivity index (χ0n) is 12.9. The molecule has 0 aromatic heterocycles. The van der Waals surface area contributed by atoms with Crippen LogP contribution < -0.4 is 5.32 Å². The van der Waals surface area contributed by atoms with Crippen LogP contribution in [0, 0.1) is 0 Å². The van der Waals surface area contributed by atoms with E-state index in [-0.39, 0.29) is 17.4 Å². The summed E-state index contributed by atoms with van der Waals surface area (Å²) in [6, 6.07) is 22.7. The topological polar surface area (TPSA) is 49.3 Å². The fraction of sp³-hybridized carbons (Fsp3) is 0.0500. The molecule has 0 aliphatic carbocycles. The summed E-state index contributed by atoms with van der Waals surface area (Å²) in [4.78, 5) is 11.7. The standard InChI is InChI=1S/C20H17NO2S/c22-19(13-24)21-16-11-17(14-7-3-1-4-8-14)20(23)18(12-16)15-9-5-2-6-10-15/h1-12,23-24H,13H2,(H,21,22). The number of nitrogens with one attached hydrogen (secondary N) is 1. The Hall–Kier alpha value is -2.72. The molecule has 0 unspecified atom stereocenters. The van der Waals surface area contributed by atoms with Crippen LogP contribution in [0.15, 0.2) is 72.8 Å². The Labute approximate surface area is 146 Å². The van der Waals surface area contributed by atoms with Crippen molar-refractivity contribution in [3.63, 3.8) is 0 Å². The Morgan fingerprint density at radius 3 is 1.75 bits per heavy atom. The maximum Gasteiger partial charge on any atom is 0.234 e. The normalized spacial score (nSPS) is 10.4. The van der Waals surface area contributed by atoms with E-state index >= 15 is 0 Å². The molecule has 0 heterocycles. The van der Waals surface area contributed by atoms with E-state index in [0.717, 1.165) is 11.1 Å². The van der Waals surface area contributed by atoms with E-state index in [9.17, 15) is 9.90 Å². The third kappa shape index (κ3) is 3.44. The van der Waals surface area contributed by atoms with Crippen LogP contribution in [0.25, 0.3) is 22.3 Å². The van der Waals surface area contributed by atoms with Gasteiger partial charge in [0.25, 0.3) is 0 Å². The molecule has 120 valence electrons. The number of hydrogen-bond acceptors (Lipinski definition) is 3. The summed E-state index contributed by atoms with van der Waals surface area (Å²) in [5.41, 5.74) is 3.74. The third-order valence-corrected chi connectivity index (χ3v) is 3.99. The smallest absolute Gasteiger partial charge is 0.234 e. The second-order valence-corrected chi connectivity index (χ2v) is 5.67. The molecule has 0 spiro atoms. The second kappa shape index (κ2) is 7.23. The zero-order chi connectivity index (χ0) is 16.9. The number of phenolic OH excluding ortho intramolecular Hbond substituents is 1. The number of phenols is 1. The summed E-state index contributed by atoms with van der Waals surface area (Å²) >= 11 is 4.00. The quantitative estimate of drug-likeness (QED) is 0.482. The van der Waals surface area contributed by atoms with E-state index in [1.165, 1.54) is 0 Å². The summed E-state index contributed by atoms with van der Waals surface area (Å²) in [7, 11) is 0. The Kier molecular flexibility index (Phi) is 4.87. The summed E-state index contributed by atoms with van der Waals surface area (Å²) in [5.74, 6) is 0.0979. The highest BCUT2D eigenvalue weighted by atomic mass is 32.1.